The number of aromatic hydroxyl groups is 1. The van der Waals surface area contributed by atoms with Crippen molar-refractivity contribution in [2.24, 2.45) is 7.05 Å². The maximum absolute atomic E-state index is 13.5. The van der Waals surface area contributed by atoms with Crippen LogP contribution in [0, 0.1) is 13.8 Å². The number of hydrogen-bond acceptors (Lipinski definition) is 9. The van der Waals surface area contributed by atoms with Crippen molar-refractivity contribution in [1.82, 2.24) is 24.1 Å². The largest absolute Gasteiger partial charge is 0.507 e. The van der Waals surface area contributed by atoms with Crippen molar-refractivity contribution < 1.29 is 23.8 Å². The molecule has 1 atom stereocenters. The standard InChI is InChI=1S/C46H58ClN5O5S2Si/c1-29-41-38(51(44(29)45(54)55-7)20-14-22-57-60(8,9)46(3,4)5)19-18-36(47)43(41)42-30(2)52(40-17-12-13-21-56-40)49-37(42)28-58-26-32-24-33(50(6)48-32)27-59-34-23-31-15-10-11-16-35(31)39(53)25-34/h10-11,15-16,18-19,23-25,40,53H,12-14,17,20-22,26-28H2,1-9H3. The van der Waals surface area contributed by atoms with Crippen LogP contribution in [-0.2, 0) is 44.8 Å². The van der Waals surface area contributed by atoms with Gasteiger partial charge in [-0.1, -0.05) is 56.6 Å². The number of aryl methyl sites for hydroxylation is 3. The Balaban J connectivity index is 1.17. The van der Waals surface area contributed by atoms with Gasteiger partial charge in [-0.05, 0) is 98.9 Å². The van der Waals surface area contributed by atoms with E-state index in [2.05, 4.69) is 57.5 Å². The van der Waals surface area contributed by atoms with E-state index in [1.165, 1.54) is 7.11 Å². The third-order valence-electron chi connectivity index (χ3n) is 12.2. The molecule has 1 saturated heterocycles. The average molecular weight is 889 g/mol. The Bertz CT molecular complexity index is 2520. The third kappa shape index (κ3) is 9.08. The number of benzene rings is 3. The number of hydrogen-bond donors (Lipinski definition) is 1. The second-order valence-electron chi connectivity index (χ2n) is 17.3. The molecule has 0 saturated carbocycles. The molecule has 10 nitrogen and oxygen atoms in total. The Morgan fingerprint density at radius 1 is 1.03 bits per heavy atom. The quantitative estimate of drug-likeness (QED) is 0.0467. The van der Waals surface area contributed by atoms with Crippen LogP contribution in [-0.4, -0.2) is 63.8 Å². The second-order valence-corrected chi connectivity index (χ2v) is 24.5. The summed E-state index contributed by atoms with van der Waals surface area (Å²) in [5.74, 6) is 1.95. The van der Waals surface area contributed by atoms with Gasteiger partial charge in [0.2, 0.25) is 0 Å². The fourth-order valence-electron chi connectivity index (χ4n) is 7.95. The van der Waals surface area contributed by atoms with Crippen LogP contribution in [0.1, 0.15) is 91.5 Å². The fourth-order valence-corrected chi connectivity index (χ4v) is 11.1. The van der Waals surface area contributed by atoms with Gasteiger partial charge in [0, 0.05) is 92.8 Å². The first-order chi connectivity index (χ1) is 28.6. The van der Waals surface area contributed by atoms with E-state index in [9.17, 15) is 9.90 Å². The number of phenols is 1. The first-order valence-corrected chi connectivity index (χ1v) is 26.2. The second kappa shape index (κ2) is 18.3. The predicted octanol–water partition coefficient (Wildman–Crippen LogP) is 12.0. The van der Waals surface area contributed by atoms with Crippen molar-refractivity contribution >= 4 is 71.1 Å². The van der Waals surface area contributed by atoms with Crippen LogP contribution in [0.2, 0.25) is 23.2 Å². The van der Waals surface area contributed by atoms with Crippen LogP contribution in [0.25, 0.3) is 32.8 Å². The zero-order valence-corrected chi connectivity index (χ0v) is 39.7. The van der Waals surface area contributed by atoms with Crippen LogP contribution in [0.3, 0.4) is 0 Å². The summed E-state index contributed by atoms with van der Waals surface area (Å²) in [6, 6.07) is 18.0. The molecule has 3 aromatic carbocycles. The fraction of sp³-hybridized carbons (Fsp3) is 0.457. The molecular formula is C46H58ClN5O5S2Si. The van der Waals surface area contributed by atoms with Gasteiger partial charge in [-0.3, -0.25) is 4.68 Å². The van der Waals surface area contributed by atoms with E-state index in [1.54, 1.807) is 23.5 Å². The van der Waals surface area contributed by atoms with Crippen molar-refractivity contribution in [2.45, 2.75) is 113 Å². The molecule has 320 valence electrons. The summed E-state index contributed by atoms with van der Waals surface area (Å²) in [7, 11) is 1.49. The van der Waals surface area contributed by atoms with Gasteiger partial charge in [0.05, 0.1) is 18.5 Å². The Labute approximate surface area is 368 Å². The van der Waals surface area contributed by atoms with Crippen LogP contribution in [0.5, 0.6) is 5.75 Å². The number of phenolic OH excluding ortho intramolecular Hbond substituents is 1. The monoisotopic (exact) mass is 887 g/mol. The normalized spacial score (nSPS) is 15.1. The number of esters is 1. The number of rotatable bonds is 15. The molecule has 1 aliphatic rings. The smallest absolute Gasteiger partial charge is 0.354 e. The third-order valence-corrected chi connectivity index (χ3v) is 19.1. The van der Waals surface area contributed by atoms with Crippen LogP contribution < -0.4 is 0 Å². The number of ether oxygens (including phenoxy) is 2. The molecule has 0 spiro atoms. The molecule has 0 bridgehead atoms. The number of halogens is 1. The number of carbonyl (C=O) groups excluding carboxylic acids is 1. The van der Waals surface area contributed by atoms with Gasteiger partial charge in [-0.15, -0.1) is 23.5 Å². The average Bonchev–Trinajstić information content (AvgIpc) is 3.84. The van der Waals surface area contributed by atoms with Crippen molar-refractivity contribution in [3.8, 4) is 16.9 Å². The van der Waals surface area contributed by atoms with Gasteiger partial charge >= 0.3 is 5.97 Å². The first kappa shape index (κ1) is 44.3. The minimum Gasteiger partial charge on any atom is -0.507 e. The molecule has 0 amide bonds. The number of aromatic nitrogens is 5. The van der Waals surface area contributed by atoms with Crippen LogP contribution in [0.15, 0.2) is 59.5 Å². The van der Waals surface area contributed by atoms with Crippen molar-refractivity contribution in [1.29, 1.82) is 0 Å². The highest BCUT2D eigenvalue weighted by Crippen LogP contribution is 2.45. The minimum absolute atomic E-state index is 0.110. The van der Waals surface area contributed by atoms with Crippen molar-refractivity contribution in [2.75, 3.05) is 20.3 Å². The highest BCUT2D eigenvalue weighted by atomic mass is 35.5. The lowest BCUT2D eigenvalue weighted by atomic mass is 9.97. The maximum Gasteiger partial charge on any atom is 0.354 e. The SMILES string of the molecule is COC(=O)c1c(C)c2c(-c3c(CSCc4cc(CSc5cc(O)c6ccccc6c5)n(C)n4)nn(C4CCCCO4)c3C)c(Cl)ccc2n1CCCO[Si](C)(C)C(C)(C)C. The summed E-state index contributed by atoms with van der Waals surface area (Å²) in [5, 5.41) is 24.3. The van der Waals surface area contributed by atoms with E-state index >= 15 is 0 Å². The highest BCUT2D eigenvalue weighted by Gasteiger charge is 2.37. The molecule has 1 N–H and O–H groups in total. The van der Waals surface area contributed by atoms with Crippen molar-refractivity contribution in [3.63, 3.8) is 0 Å². The lowest BCUT2D eigenvalue weighted by molar-refractivity contribution is -0.0407. The molecule has 3 aromatic heterocycles. The van der Waals surface area contributed by atoms with Crippen LogP contribution in [0.4, 0.5) is 0 Å². The Kier molecular flexibility index (Phi) is 13.5. The Morgan fingerprint density at radius 3 is 2.55 bits per heavy atom. The molecule has 1 unspecified atom stereocenters. The zero-order chi connectivity index (χ0) is 42.9. The molecule has 14 heteroatoms. The summed E-state index contributed by atoms with van der Waals surface area (Å²) < 4.78 is 24.3. The van der Waals surface area contributed by atoms with E-state index in [4.69, 9.17) is 35.7 Å². The summed E-state index contributed by atoms with van der Waals surface area (Å²) in [6.45, 7) is 17.3. The van der Waals surface area contributed by atoms with E-state index < -0.39 is 8.32 Å². The molecule has 0 radical (unpaired) electrons. The zero-order valence-electron chi connectivity index (χ0n) is 36.4. The topological polar surface area (TPSA) is 106 Å². The van der Waals surface area contributed by atoms with Gasteiger partial charge in [-0.2, -0.15) is 10.2 Å². The van der Waals surface area contributed by atoms with Crippen LogP contribution >= 0.6 is 35.1 Å². The first-order valence-electron chi connectivity index (χ1n) is 20.8. The van der Waals surface area contributed by atoms with E-state index in [-0.39, 0.29) is 17.2 Å². The molecule has 60 heavy (non-hydrogen) atoms. The Hall–Kier alpha value is -3.72. The number of fused-ring (bicyclic) bond motifs is 2. The molecule has 0 aliphatic carbocycles. The summed E-state index contributed by atoms with van der Waals surface area (Å²) in [6.07, 6.45) is 3.59. The lowest BCUT2D eigenvalue weighted by Gasteiger charge is -2.36. The minimum atomic E-state index is -1.93. The predicted molar refractivity (Wildman–Crippen MR) is 249 cm³/mol. The van der Waals surface area contributed by atoms with Gasteiger partial charge in [-0.25, -0.2) is 9.48 Å². The molecule has 6 aromatic rings. The van der Waals surface area contributed by atoms with E-state index in [1.807, 2.05) is 65.8 Å². The van der Waals surface area contributed by atoms with Gasteiger partial charge < -0.3 is 23.6 Å². The number of carbonyl (C=O) groups is 1. The maximum atomic E-state index is 13.5. The Morgan fingerprint density at radius 2 is 1.82 bits per heavy atom. The number of methoxy groups -OCH3 is 1. The summed E-state index contributed by atoms with van der Waals surface area (Å²) in [5.41, 5.74) is 8.13. The molecular weight excluding hydrogens is 830 g/mol. The van der Waals surface area contributed by atoms with Gasteiger partial charge in [0.1, 0.15) is 17.7 Å². The molecule has 7 rings (SSSR count). The van der Waals surface area contributed by atoms with Crippen molar-refractivity contribution in [3.05, 3.63) is 93.7 Å². The molecule has 4 heterocycles. The number of nitrogens with zero attached hydrogens (tertiary/aromatic N) is 5. The van der Waals surface area contributed by atoms with Gasteiger partial charge in [0.15, 0.2) is 8.32 Å². The lowest BCUT2D eigenvalue weighted by Crippen LogP contribution is -2.41. The summed E-state index contributed by atoms with van der Waals surface area (Å²) >= 11 is 10.7. The van der Waals surface area contributed by atoms with Gasteiger partial charge in [0.25, 0.3) is 0 Å². The molecule has 1 fully saturated rings. The highest BCUT2D eigenvalue weighted by molar-refractivity contribution is 7.98. The number of thioether (sulfide) groups is 2. The van der Waals surface area contributed by atoms with E-state index in [0.717, 1.165) is 97.5 Å². The summed E-state index contributed by atoms with van der Waals surface area (Å²) in [4.78, 5) is 14.6. The molecule has 1 aliphatic heterocycles. The van der Waals surface area contributed by atoms with E-state index in [0.29, 0.717) is 47.7 Å².